The molecule has 0 aliphatic heterocycles. The normalized spacial score (nSPS) is 11.7. The van der Waals surface area contributed by atoms with Gasteiger partial charge in [0.1, 0.15) is 6.61 Å². The molecule has 0 saturated heterocycles. The molecule has 5 heteroatoms. The van der Waals surface area contributed by atoms with E-state index in [1.807, 2.05) is 24.3 Å². The molecule has 5 nitrogen and oxygen atoms in total. The smallest absolute Gasteiger partial charge is 0.407 e. The van der Waals surface area contributed by atoms with E-state index < -0.39 is 6.09 Å². The Balaban J connectivity index is 1.21. The van der Waals surface area contributed by atoms with E-state index in [0.29, 0.717) is 24.2 Å². The molecule has 3 aromatic rings. The molecule has 160 valence electrons. The summed E-state index contributed by atoms with van der Waals surface area (Å²) in [6.07, 6.45) is 5.68. The van der Waals surface area contributed by atoms with E-state index in [0.717, 1.165) is 0 Å². The van der Waals surface area contributed by atoms with Crippen LogP contribution in [0.5, 0.6) is 0 Å². The lowest BCUT2D eigenvalue weighted by atomic mass is 9.98. The van der Waals surface area contributed by atoms with Gasteiger partial charge in [-0.1, -0.05) is 60.5 Å². The SMILES string of the molecule is C#Cc1cccc(NC(=O)CCCNC(=O)OCC2c3ccccc3-c3ccccc32)c1. The number of alkyl carbamates (subject to hydrolysis) is 1. The van der Waals surface area contributed by atoms with Crippen LogP contribution in [0.1, 0.15) is 35.4 Å². The van der Waals surface area contributed by atoms with Gasteiger partial charge in [0.15, 0.2) is 0 Å². The number of rotatable bonds is 7. The third-order valence-electron chi connectivity index (χ3n) is 5.51. The number of anilines is 1. The van der Waals surface area contributed by atoms with Crippen molar-refractivity contribution in [2.75, 3.05) is 18.5 Å². The molecule has 2 N–H and O–H groups in total. The van der Waals surface area contributed by atoms with Gasteiger partial charge in [0, 0.05) is 30.1 Å². The molecule has 0 heterocycles. The molecule has 0 saturated carbocycles. The summed E-state index contributed by atoms with van der Waals surface area (Å²) in [6.45, 7) is 0.625. The van der Waals surface area contributed by atoms with Gasteiger partial charge in [-0.05, 0) is 46.9 Å². The average Bonchev–Trinajstić information content (AvgIpc) is 3.14. The summed E-state index contributed by atoms with van der Waals surface area (Å²) in [5.74, 6) is 2.43. The molecule has 3 aromatic carbocycles. The maximum absolute atomic E-state index is 12.2. The van der Waals surface area contributed by atoms with E-state index in [2.05, 4.69) is 40.8 Å². The molecule has 2 amide bonds. The Kier molecular flexibility index (Phi) is 6.52. The number of ether oxygens (including phenoxy) is 1. The molecular weight excluding hydrogens is 400 g/mol. The van der Waals surface area contributed by atoms with Gasteiger partial charge in [0.05, 0.1) is 0 Å². The molecule has 0 aromatic heterocycles. The van der Waals surface area contributed by atoms with Gasteiger partial charge >= 0.3 is 6.09 Å². The number of terminal acetylenes is 1. The van der Waals surface area contributed by atoms with Crippen LogP contribution in [0.25, 0.3) is 11.1 Å². The van der Waals surface area contributed by atoms with Crippen LogP contribution in [0.2, 0.25) is 0 Å². The molecule has 1 aliphatic rings. The lowest BCUT2D eigenvalue weighted by molar-refractivity contribution is -0.116. The van der Waals surface area contributed by atoms with E-state index in [-0.39, 0.29) is 24.9 Å². The monoisotopic (exact) mass is 424 g/mol. The first-order chi connectivity index (χ1) is 15.7. The highest BCUT2D eigenvalue weighted by Gasteiger charge is 2.28. The first-order valence-electron chi connectivity index (χ1n) is 10.6. The van der Waals surface area contributed by atoms with Crippen molar-refractivity contribution in [3.8, 4) is 23.5 Å². The maximum Gasteiger partial charge on any atom is 0.407 e. The topological polar surface area (TPSA) is 67.4 Å². The van der Waals surface area contributed by atoms with Crippen molar-refractivity contribution in [2.45, 2.75) is 18.8 Å². The van der Waals surface area contributed by atoms with Crippen LogP contribution >= 0.6 is 0 Å². The average molecular weight is 425 g/mol. The summed E-state index contributed by atoms with van der Waals surface area (Å²) >= 11 is 0. The highest BCUT2D eigenvalue weighted by molar-refractivity contribution is 5.90. The second kappa shape index (κ2) is 9.84. The molecule has 1 aliphatic carbocycles. The Morgan fingerprint density at radius 2 is 1.62 bits per heavy atom. The predicted molar refractivity (Wildman–Crippen MR) is 125 cm³/mol. The van der Waals surface area contributed by atoms with Crippen LogP contribution in [0, 0.1) is 12.3 Å². The zero-order valence-electron chi connectivity index (χ0n) is 17.6. The minimum absolute atomic E-state index is 0.0256. The zero-order chi connectivity index (χ0) is 22.3. The fourth-order valence-corrected chi connectivity index (χ4v) is 4.00. The number of fused-ring (bicyclic) bond motifs is 3. The molecule has 0 radical (unpaired) electrons. The standard InChI is InChI=1S/C27H24N2O3/c1-2-19-9-7-10-20(17-19)29-26(30)15-8-16-28-27(31)32-18-25-23-13-5-3-11-21(23)22-12-4-6-14-24(22)25/h1,3-7,9-14,17,25H,8,15-16,18H2,(H,28,31)(H,29,30). The highest BCUT2D eigenvalue weighted by Crippen LogP contribution is 2.44. The van der Waals surface area contributed by atoms with Crippen LogP contribution in [0.4, 0.5) is 10.5 Å². The number of amides is 2. The molecule has 0 bridgehead atoms. The third-order valence-corrected chi connectivity index (χ3v) is 5.51. The van der Waals surface area contributed by atoms with Gasteiger partial charge in [0.2, 0.25) is 5.91 Å². The largest absolute Gasteiger partial charge is 0.449 e. The summed E-state index contributed by atoms with van der Waals surface area (Å²) in [5, 5.41) is 5.53. The van der Waals surface area contributed by atoms with Crippen molar-refractivity contribution >= 4 is 17.7 Å². The number of hydrogen-bond acceptors (Lipinski definition) is 3. The van der Waals surface area contributed by atoms with E-state index in [9.17, 15) is 9.59 Å². The first-order valence-corrected chi connectivity index (χ1v) is 10.6. The van der Waals surface area contributed by atoms with Gasteiger partial charge in [0.25, 0.3) is 0 Å². The van der Waals surface area contributed by atoms with Crippen LogP contribution in [-0.4, -0.2) is 25.2 Å². The number of nitrogens with one attached hydrogen (secondary N) is 2. The van der Waals surface area contributed by atoms with E-state index in [1.165, 1.54) is 22.3 Å². The Morgan fingerprint density at radius 1 is 0.938 bits per heavy atom. The van der Waals surface area contributed by atoms with Crippen molar-refractivity contribution in [1.82, 2.24) is 5.32 Å². The van der Waals surface area contributed by atoms with Crippen molar-refractivity contribution in [3.05, 3.63) is 89.5 Å². The Labute approximate surface area is 187 Å². The van der Waals surface area contributed by atoms with Crippen molar-refractivity contribution in [1.29, 1.82) is 0 Å². The lowest BCUT2D eigenvalue weighted by Crippen LogP contribution is -2.27. The van der Waals surface area contributed by atoms with Crippen LogP contribution in [0.3, 0.4) is 0 Å². The lowest BCUT2D eigenvalue weighted by Gasteiger charge is -2.14. The number of carbonyl (C=O) groups is 2. The fraction of sp³-hybridized carbons (Fsp3) is 0.185. The van der Waals surface area contributed by atoms with Crippen LogP contribution < -0.4 is 10.6 Å². The van der Waals surface area contributed by atoms with E-state index >= 15 is 0 Å². The molecule has 0 fully saturated rings. The molecular formula is C27H24N2O3. The maximum atomic E-state index is 12.2. The summed E-state index contributed by atoms with van der Waals surface area (Å²) < 4.78 is 5.50. The summed E-state index contributed by atoms with van der Waals surface area (Å²) in [5.41, 5.74) is 6.10. The van der Waals surface area contributed by atoms with Crippen molar-refractivity contribution < 1.29 is 14.3 Å². The van der Waals surface area contributed by atoms with Crippen LogP contribution in [0.15, 0.2) is 72.8 Å². The quantitative estimate of drug-likeness (QED) is 0.418. The Hall–Kier alpha value is -4.04. The second-order valence-electron chi connectivity index (χ2n) is 7.63. The Morgan fingerprint density at radius 3 is 2.31 bits per heavy atom. The number of hydrogen-bond donors (Lipinski definition) is 2. The van der Waals surface area contributed by atoms with Gasteiger partial charge < -0.3 is 15.4 Å². The summed E-state index contributed by atoms with van der Waals surface area (Å²) in [7, 11) is 0. The first kappa shape index (κ1) is 21.2. The number of carbonyl (C=O) groups excluding carboxylic acids is 2. The second-order valence-corrected chi connectivity index (χ2v) is 7.63. The van der Waals surface area contributed by atoms with Gasteiger partial charge in [-0.3, -0.25) is 4.79 Å². The Bertz CT molecular complexity index is 1130. The van der Waals surface area contributed by atoms with Crippen LogP contribution in [-0.2, 0) is 9.53 Å². The highest BCUT2D eigenvalue weighted by atomic mass is 16.5. The van der Waals surface area contributed by atoms with Crippen molar-refractivity contribution in [2.24, 2.45) is 0 Å². The van der Waals surface area contributed by atoms with E-state index in [1.54, 1.807) is 24.3 Å². The minimum Gasteiger partial charge on any atom is -0.449 e. The zero-order valence-corrected chi connectivity index (χ0v) is 17.6. The minimum atomic E-state index is -0.478. The molecule has 0 unspecified atom stereocenters. The van der Waals surface area contributed by atoms with Gasteiger partial charge in [-0.25, -0.2) is 4.79 Å². The van der Waals surface area contributed by atoms with E-state index in [4.69, 9.17) is 11.2 Å². The molecule has 0 spiro atoms. The molecule has 4 rings (SSSR count). The molecule has 0 atom stereocenters. The van der Waals surface area contributed by atoms with Crippen molar-refractivity contribution in [3.63, 3.8) is 0 Å². The molecule has 32 heavy (non-hydrogen) atoms. The fourth-order valence-electron chi connectivity index (χ4n) is 4.00. The predicted octanol–water partition coefficient (Wildman–Crippen LogP) is 4.93. The number of benzene rings is 3. The summed E-state index contributed by atoms with van der Waals surface area (Å²) in [6, 6.07) is 23.5. The summed E-state index contributed by atoms with van der Waals surface area (Å²) in [4.78, 5) is 24.3. The third kappa shape index (κ3) is 4.81. The van der Waals surface area contributed by atoms with Gasteiger partial charge in [-0.15, -0.1) is 6.42 Å². The van der Waals surface area contributed by atoms with Gasteiger partial charge in [-0.2, -0.15) is 0 Å².